The minimum atomic E-state index is -5.06. The number of ether oxygens (including phenoxy) is 1. The van der Waals surface area contributed by atoms with Gasteiger partial charge in [0.05, 0.1) is 12.9 Å². The molecule has 0 saturated carbocycles. The molecular formula is C10H13F3O3. The Hall–Kier alpha value is -1.33. The van der Waals surface area contributed by atoms with Gasteiger partial charge < -0.3 is 4.74 Å². The van der Waals surface area contributed by atoms with Crippen molar-refractivity contribution >= 4 is 11.6 Å². The fraction of sp³-hybridized carbons (Fsp3) is 0.600. The summed E-state index contributed by atoms with van der Waals surface area (Å²) < 4.78 is 41.0. The first-order valence-corrected chi connectivity index (χ1v) is 4.69. The zero-order valence-corrected chi connectivity index (χ0v) is 9.22. The van der Waals surface area contributed by atoms with Crippen molar-refractivity contribution in [3.05, 3.63) is 11.8 Å². The van der Waals surface area contributed by atoms with Gasteiger partial charge in [0.1, 0.15) is 5.57 Å². The maximum atomic E-state index is 12.2. The number of carbonyl (C=O) groups is 2. The molecule has 0 aliphatic carbocycles. The Morgan fingerprint density at radius 2 is 1.81 bits per heavy atom. The van der Waals surface area contributed by atoms with Crippen LogP contribution in [0.3, 0.4) is 0 Å². The van der Waals surface area contributed by atoms with Crippen LogP contribution in [0.25, 0.3) is 0 Å². The highest BCUT2D eigenvalue weighted by molar-refractivity contribution is 6.22. The zero-order valence-electron chi connectivity index (χ0n) is 9.22. The summed E-state index contributed by atoms with van der Waals surface area (Å²) in [6, 6.07) is 0. The molecule has 0 heterocycles. The Bertz CT molecular complexity index is 303. The van der Waals surface area contributed by atoms with Crippen LogP contribution in [0, 0.1) is 5.92 Å². The predicted molar refractivity (Wildman–Crippen MR) is 50.6 cm³/mol. The molecule has 0 aromatic carbocycles. The normalized spacial score (nSPS) is 12.8. The van der Waals surface area contributed by atoms with E-state index in [-0.39, 0.29) is 6.61 Å². The molecule has 16 heavy (non-hydrogen) atoms. The maximum absolute atomic E-state index is 12.2. The lowest BCUT2D eigenvalue weighted by atomic mass is 9.98. The van der Waals surface area contributed by atoms with Crippen LogP contribution in [0.5, 0.6) is 0 Å². The third-order valence-corrected chi connectivity index (χ3v) is 1.66. The van der Waals surface area contributed by atoms with E-state index >= 15 is 0 Å². The second-order valence-corrected chi connectivity index (χ2v) is 3.33. The Kier molecular flexibility index (Phi) is 5.20. The van der Waals surface area contributed by atoms with E-state index in [1.807, 2.05) is 0 Å². The summed E-state index contributed by atoms with van der Waals surface area (Å²) in [6.07, 6.45) is -4.48. The Labute approximate surface area is 91.3 Å². The standard InChI is InChI=1S/C10H13F3O3/c1-4-16-5-7(8(14)6(2)3)9(15)10(11,12)13/h5-6H,4H2,1-3H3/b7-5+. The molecule has 0 fully saturated rings. The minimum Gasteiger partial charge on any atom is -0.501 e. The number of halogens is 3. The van der Waals surface area contributed by atoms with Crippen LogP contribution in [0.1, 0.15) is 20.8 Å². The number of hydrogen-bond acceptors (Lipinski definition) is 3. The van der Waals surface area contributed by atoms with Gasteiger partial charge in [-0.15, -0.1) is 0 Å². The van der Waals surface area contributed by atoms with Crippen LogP contribution in [-0.4, -0.2) is 24.3 Å². The lowest BCUT2D eigenvalue weighted by Crippen LogP contribution is -2.30. The largest absolute Gasteiger partial charge is 0.501 e. The van der Waals surface area contributed by atoms with E-state index in [1.165, 1.54) is 20.8 Å². The van der Waals surface area contributed by atoms with E-state index in [1.54, 1.807) is 0 Å². The van der Waals surface area contributed by atoms with Crippen molar-refractivity contribution in [2.75, 3.05) is 6.61 Å². The van der Waals surface area contributed by atoms with Crippen molar-refractivity contribution < 1.29 is 27.5 Å². The average molecular weight is 238 g/mol. The molecule has 0 amide bonds. The molecule has 0 unspecified atom stereocenters. The van der Waals surface area contributed by atoms with Crippen LogP contribution in [-0.2, 0) is 14.3 Å². The second-order valence-electron chi connectivity index (χ2n) is 3.33. The Morgan fingerprint density at radius 3 is 2.12 bits per heavy atom. The zero-order chi connectivity index (χ0) is 12.9. The van der Waals surface area contributed by atoms with Gasteiger partial charge in [-0.25, -0.2) is 0 Å². The van der Waals surface area contributed by atoms with E-state index in [2.05, 4.69) is 4.74 Å². The molecule has 0 aromatic rings. The van der Waals surface area contributed by atoms with Gasteiger partial charge in [0.15, 0.2) is 5.78 Å². The number of allylic oxidation sites excluding steroid dienone is 1. The lowest BCUT2D eigenvalue weighted by molar-refractivity contribution is -0.167. The summed E-state index contributed by atoms with van der Waals surface area (Å²) in [5.74, 6) is -3.74. The van der Waals surface area contributed by atoms with Gasteiger partial charge in [-0.3, -0.25) is 9.59 Å². The van der Waals surface area contributed by atoms with Crippen LogP contribution < -0.4 is 0 Å². The number of hydrogen-bond donors (Lipinski definition) is 0. The third kappa shape index (κ3) is 4.04. The van der Waals surface area contributed by atoms with Crippen molar-refractivity contribution in [1.29, 1.82) is 0 Å². The van der Waals surface area contributed by atoms with Crippen molar-refractivity contribution in [1.82, 2.24) is 0 Å². The first-order chi connectivity index (χ1) is 7.21. The number of rotatable bonds is 5. The molecule has 0 aromatic heterocycles. The highest BCUT2D eigenvalue weighted by Crippen LogP contribution is 2.22. The lowest BCUT2D eigenvalue weighted by Gasteiger charge is -2.10. The minimum absolute atomic E-state index is 0.0833. The van der Waals surface area contributed by atoms with Crippen molar-refractivity contribution in [2.45, 2.75) is 26.9 Å². The molecule has 0 atom stereocenters. The van der Waals surface area contributed by atoms with Gasteiger partial charge in [-0.05, 0) is 6.92 Å². The molecule has 0 aliphatic rings. The predicted octanol–water partition coefficient (Wildman–Crippen LogP) is 2.26. The van der Waals surface area contributed by atoms with Crippen LogP contribution in [0.15, 0.2) is 11.8 Å². The Morgan fingerprint density at radius 1 is 1.31 bits per heavy atom. The highest BCUT2D eigenvalue weighted by atomic mass is 19.4. The SMILES string of the molecule is CCO/C=C(\C(=O)C(C)C)C(=O)C(F)(F)F. The van der Waals surface area contributed by atoms with Gasteiger partial charge in [0.2, 0.25) is 0 Å². The quantitative estimate of drug-likeness (QED) is 0.319. The molecule has 92 valence electrons. The molecule has 0 radical (unpaired) electrons. The van der Waals surface area contributed by atoms with Crippen molar-refractivity contribution in [2.24, 2.45) is 5.92 Å². The number of ketones is 2. The summed E-state index contributed by atoms with van der Waals surface area (Å²) >= 11 is 0. The van der Waals surface area contributed by atoms with Crippen LogP contribution >= 0.6 is 0 Å². The van der Waals surface area contributed by atoms with E-state index in [9.17, 15) is 22.8 Å². The molecule has 0 spiro atoms. The third-order valence-electron chi connectivity index (χ3n) is 1.66. The smallest absolute Gasteiger partial charge is 0.455 e. The summed E-state index contributed by atoms with van der Waals surface area (Å²) in [4.78, 5) is 22.3. The summed E-state index contributed by atoms with van der Waals surface area (Å²) in [5, 5.41) is 0. The molecule has 0 bridgehead atoms. The van der Waals surface area contributed by atoms with E-state index in [0.29, 0.717) is 6.26 Å². The molecule has 0 rings (SSSR count). The molecule has 3 nitrogen and oxygen atoms in total. The van der Waals surface area contributed by atoms with Gasteiger partial charge in [-0.1, -0.05) is 13.8 Å². The highest BCUT2D eigenvalue weighted by Gasteiger charge is 2.43. The maximum Gasteiger partial charge on any atom is 0.455 e. The van der Waals surface area contributed by atoms with Gasteiger partial charge in [-0.2, -0.15) is 13.2 Å². The number of Topliss-reactive ketones (excluding diaryl/α,β-unsaturated/α-hetero) is 2. The Balaban J connectivity index is 5.12. The average Bonchev–Trinajstić information content (AvgIpc) is 2.16. The van der Waals surface area contributed by atoms with E-state index in [0.717, 1.165) is 0 Å². The number of carbonyl (C=O) groups excluding carboxylic acids is 2. The van der Waals surface area contributed by atoms with Gasteiger partial charge in [0.25, 0.3) is 5.78 Å². The fourth-order valence-corrected chi connectivity index (χ4v) is 0.854. The van der Waals surface area contributed by atoms with Gasteiger partial charge in [0, 0.05) is 5.92 Å². The van der Waals surface area contributed by atoms with E-state index in [4.69, 9.17) is 0 Å². The van der Waals surface area contributed by atoms with Crippen LogP contribution in [0.4, 0.5) is 13.2 Å². The fourth-order valence-electron chi connectivity index (χ4n) is 0.854. The summed E-state index contributed by atoms with van der Waals surface area (Å²) in [6.45, 7) is 4.43. The molecular weight excluding hydrogens is 225 g/mol. The van der Waals surface area contributed by atoms with Crippen molar-refractivity contribution in [3.63, 3.8) is 0 Å². The first-order valence-electron chi connectivity index (χ1n) is 4.69. The topological polar surface area (TPSA) is 43.4 Å². The molecule has 0 aliphatic heterocycles. The molecule has 6 heteroatoms. The number of alkyl halides is 3. The summed E-state index contributed by atoms with van der Waals surface area (Å²) in [5.41, 5.74) is -0.954. The molecule has 0 N–H and O–H groups in total. The van der Waals surface area contributed by atoms with Crippen LogP contribution in [0.2, 0.25) is 0 Å². The van der Waals surface area contributed by atoms with Crippen molar-refractivity contribution in [3.8, 4) is 0 Å². The second kappa shape index (κ2) is 5.67. The monoisotopic (exact) mass is 238 g/mol. The summed E-state index contributed by atoms with van der Waals surface area (Å²) in [7, 11) is 0. The van der Waals surface area contributed by atoms with Gasteiger partial charge >= 0.3 is 6.18 Å². The molecule has 0 saturated heterocycles. The van der Waals surface area contributed by atoms with E-state index < -0.39 is 29.2 Å². The first kappa shape index (κ1) is 14.7.